The first kappa shape index (κ1) is 37.8. The van der Waals surface area contributed by atoms with E-state index in [-0.39, 0.29) is 6.61 Å². The molecule has 0 heterocycles. The normalized spacial score (nSPS) is 14.3. The van der Waals surface area contributed by atoms with Gasteiger partial charge in [-0.1, -0.05) is 167 Å². The molecule has 5 heteroatoms. The molecule has 0 fully saturated rings. The third-order valence-electron chi connectivity index (χ3n) is 7.60. The van der Waals surface area contributed by atoms with Gasteiger partial charge >= 0.3 is 0 Å². The average Bonchev–Trinajstić information content (AvgIpc) is 2.94. The molecular weight excluding hydrogens is 486 g/mol. The maximum Gasteiger partial charge on any atom is 0.249 e. The van der Waals surface area contributed by atoms with Crippen LogP contribution in [0.5, 0.6) is 0 Å². The van der Waals surface area contributed by atoms with Crippen molar-refractivity contribution >= 4 is 5.91 Å². The molecule has 0 aliphatic heterocycles. The summed E-state index contributed by atoms with van der Waals surface area (Å²) in [6, 6.07) is -0.823. The largest absolute Gasteiger partial charge is 0.394 e. The summed E-state index contributed by atoms with van der Waals surface area (Å²) in [7, 11) is 0. The smallest absolute Gasteiger partial charge is 0.249 e. The molecule has 0 radical (unpaired) electrons. The van der Waals surface area contributed by atoms with Gasteiger partial charge in [0.25, 0.3) is 0 Å². The third-order valence-corrected chi connectivity index (χ3v) is 7.60. The zero-order chi connectivity index (χ0) is 28.8. The zero-order valence-electron chi connectivity index (χ0n) is 25.8. The van der Waals surface area contributed by atoms with Gasteiger partial charge in [-0.15, -0.1) is 0 Å². The average molecular weight is 552 g/mol. The summed E-state index contributed by atoms with van der Waals surface area (Å²) < 4.78 is 0. The van der Waals surface area contributed by atoms with Crippen molar-refractivity contribution in [2.24, 2.45) is 0 Å². The summed E-state index contributed by atoms with van der Waals surface area (Å²) in [5.41, 5.74) is 0. The SMILES string of the molecule is CCCCCCCCC/C=C/C=C/[C@@H](O)[C@H](CO)NC(=O)C(O)CCCCCCCCCCCCCCCC. The van der Waals surface area contributed by atoms with Gasteiger partial charge in [-0.2, -0.15) is 0 Å². The van der Waals surface area contributed by atoms with E-state index in [9.17, 15) is 20.1 Å². The lowest BCUT2D eigenvalue weighted by Gasteiger charge is -2.21. The number of aliphatic hydroxyl groups is 3. The van der Waals surface area contributed by atoms with Gasteiger partial charge in [0.2, 0.25) is 5.91 Å². The highest BCUT2D eigenvalue weighted by atomic mass is 16.3. The van der Waals surface area contributed by atoms with Gasteiger partial charge in [0.05, 0.1) is 18.8 Å². The van der Waals surface area contributed by atoms with E-state index in [2.05, 4.69) is 25.2 Å². The van der Waals surface area contributed by atoms with E-state index < -0.39 is 24.2 Å². The molecule has 1 unspecified atom stereocenters. The van der Waals surface area contributed by atoms with Crippen LogP contribution in [0.4, 0.5) is 0 Å². The fourth-order valence-electron chi connectivity index (χ4n) is 4.89. The number of unbranched alkanes of at least 4 members (excludes halogenated alkanes) is 20. The minimum atomic E-state index is -1.10. The summed E-state index contributed by atoms with van der Waals surface area (Å²) in [4.78, 5) is 12.3. The van der Waals surface area contributed by atoms with Crippen molar-refractivity contribution in [1.82, 2.24) is 5.32 Å². The third kappa shape index (κ3) is 25.5. The standard InChI is InChI=1S/C34H65NO4/c1-3-5-7-9-11-13-15-16-17-19-21-23-25-27-29-33(38)34(39)35-31(30-36)32(37)28-26-24-22-20-18-14-12-10-8-6-4-2/h22,24,26,28,31-33,36-38H,3-21,23,25,27,29-30H2,1-2H3,(H,35,39)/b24-22+,28-26+/t31-,32+,33?/m0/s1. The van der Waals surface area contributed by atoms with E-state index in [4.69, 9.17) is 0 Å². The van der Waals surface area contributed by atoms with Crippen molar-refractivity contribution in [2.75, 3.05) is 6.61 Å². The molecule has 0 saturated carbocycles. The molecule has 1 amide bonds. The summed E-state index contributed by atoms with van der Waals surface area (Å²) in [6.07, 6.45) is 33.4. The van der Waals surface area contributed by atoms with Crippen molar-refractivity contribution in [2.45, 2.75) is 180 Å². The maximum absolute atomic E-state index is 12.3. The van der Waals surface area contributed by atoms with Crippen LogP contribution < -0.4 is 5.32 Å². The van der Waals surface area contributed by atoms with E-state index in [1.54, 1.807) is 12.2 Å². The van der Waals surface area contributed by atoms with Crippen molar-refractivity contribution in [3.8, 4) is 0 Å². The summed E-state index contributed by atoms with van der Waals surface area (Å²) in [5, 5.41) is 32.7. The van der Waals surface area contributed by atoms with Crippen LogP contribution >= 0.6 is 0 Å². The Morgan fingerprint density at radius 2 is 1.08 bits per heavy atom. The quantitative estimate of drug-likeness (QED) is 0.0556. The van der Waals surface area contributed by atoms with Crippen molar-refractivity contribution in [3.05, 3.63) is 24.3 Å². The Labute approximate surface area is 241 Å². The van der Waals surface area contributed by atoms with Gasteiger partial charge in [0, 0.05) is 0 Å². The number of carbonyl (C=O) groups excluding carboxylic acids is 1. The Hall–Kier alpha value is -1.17. The fraction of sp³-hybridized carbons (Fsp3) is 0.853. The lowest BCUT2D eigenvalue weighted by Crippen LogP contribution is -2.48. The molecule has 0 aromatic rings. The Bertz CT molecular complexity index is 578. The monoisotopic (exact) mass is 551 g/mol. The molecule has 0 rings (SSSR count). The molecule has 0 aromatic heterocycles. The number of allylic oxidation sites excluding steroid dienone is 3. The highest BCUT2D eigenvalue weighted by molar-refractivity contribution is 5.80. The van der Waals surface area contributed by atoms with Crippen LogP contribution in [0.25, 0.3) is 0 Å². The minimum Gasteiger partial charge on any atom is -0.394 e. The number of amides is 1. The molecular formula is C34H65NO4. The second kappa shape index (κ2) is 29.8. The highest BCUT2D eigenvalue weighted by Gasteiger charge is 2.22. The molecule has 0 saturated heterocycles. The molecule has 0 bridgehead atoms. The molecule has 0 spiro atoms. The Morgan fingerprint density at radius 3 is 1.54 bits per heavy atom. The number of carbonyl (C=O) groups is 1. The number of rotatable bonds is 29. The Morgan fingerprint density at radius 1 is 0.641 bits per heavy atom. The fourth-order valence-corrected chi connectivity index (χ4v) is 4.89. The van der Waals surface area contributed by atoms with Crippen LogP contribution in [-0.2, 0) is 4.79 Å². The molecule has 0 aliphatic carbocycles. The first-order valence-electron chi connectivity index (χ1n) is 16.7. The van der Waals surface area contributed by atoms with Crippen LogP contribution in [0.15, 0.2) is 24.3 Å². The predicted octanol–water partition coefficient (Wildman–Crippen LogP) is 8.31. The lowest BCUT2D eigenvalue weighted by atomic mass is 10.0. The summed E-state index contributed by atoms with van der Waals surface area (Å²) >= 11 is 0. The topological polar surface area (TPSA) is 89.8 Å². The Kier molecular flexibility index (Phi) is 28.9. The second-order valence-electron chi connectivity index (χ2n) is 11.4. The van der Waals surface area contributed by atoms with E-state index in [0.29, 0.717) is 6.42 Å². The van der Waals surface area contributed by atoms with Gasteiger partial charge in [-0.3, -0.25) is 4.79 Å². The first-order valence-corrected chi connectivity index (χ1v) is 16.7. The first-order chi connectivity index (χ1) is 19.1. The molecule has 39 heavy (non-hydrogen) atoms. The maximum atomic E-state index is 12.3. The van der Waals surface area contributed by atoms with Gasteiger partial charge in [0.1, 0.15) is 6.10 Å². The van der Waals surface area contributed by atoms with Crippen molar-refractivity contribution in [1.29, 1.82) is 0 Å². The van der Waals surface area contributed by atoms with Crippen LogP contribution in [-0.4, -0.2) is 46.1 Å². The van der Waals surface area contributed by atoms with Crippen LogP contribution in [0, 0.1) is 0 Å². The van der Waals surface area contributed by atoms with E-state index in [1.165, 1.54) is 116 Å². The molecule has 4 N–H and O–H groups in total. The van der Waals surface area contributed by atoms with Crippen molar-refractivity contribution < 1.29 is 20.1 Å². The van der Waals surface area contributed by atoms with Crippen LogP contribution in [0.1, 0.15) is 162 Å². The highest BCUT2D eigenvalue weighted by Crippen LogP contribution is 2.14. The van der Waals surface area contributed by atoms with Gasteiger partial charge in [-0.25, -0.2) is 0 Å². The molecule has 0 aromatic carbocycles. The Balaban J connectivity index is 3.83. The zero-order valence-corrected chi connectivity index (χ0v) is 25.8. The minimum absolute atomic E-state index is 0.384. The van der Waals surface area contributed by atoms with Crippen molar-refractivity contribution in [3.63, 3.8) is 0 Å². The number of hydrogen-bond acceptors (Lipinski definition) is 4. The van der Waals surface area contributed by atoms with Gasteiger partial charge in [0.15, 0.2) is 0 Å². The van der Waals surface area contributed by atoms with Gasteiger partial charge < -0.3 is 20.6 Å². The van der Waals surface area contributed by atoms with Gasteiger partial charge in [-0.05, 0) is 19.3 Å². The second-order valence-corrected chi connectivity index (χ2v) is 11.4. The molecule has 230 valence electrons. The molecule has 5 nitrogen and oxygen atoms in total. The lowest BCUT2D eigenvalue weighted by molar-refractivity contribution is -0.131. The summed E-state index contributed by atoms with van der Waals surface area (Å²) in [5.74, 6) is -0.523. The van der Waals surface area contributed by atoms with E-state index in [1.807, 2.05) is 6.08 Å². The number of hydrogen-bond donors (Lipinski definition) is 4. The van der Waals surface area contributed by atoms with Crippen LogP contribution in [0.3, 0.4) is 0 Å². The van der Waals surface area contributed by atoms with E-state index >= 15 is 0 Å². The van der Waals surface area contributed by atoms with Crippen LogP contribution in [0.2, 0.25) is 0 Å². The number of aliphatic hydroxyl groups excluding tert-OH is 3. The summed E-state index contributed by atoms with van der Waals surface area (Å²) in [6.45, 7) is 4.11. The molecule has 0 aliphatic rings. The number of nitrogens with one attached hydrogen (secondary N) is 1. The van der Waals surface area contributed by atoms with E-state index in [0.717, 1.165) is 25.7 Å². The predicted molar refractivity (Wildman–Crippen MR) is 167 cm³/mol. The molecule has 3 atom stereocenters.